The number of nitrogens with zero attached hydrogens (tertiary/aromatic N) is 2. The number of hydrogen-bond donors (Lipinski definition) is 1. The second-order valence-corrected chi connectivity index (χ2v) is 4.32. The molecule has 1 aromatic carbocycles. The van der Waals surface area contributed by atoms with Gasteiger partial charge in [0.2, 0.25) is 0 Å². The third-order valence-electron chi connectivity index (χ3n) is 2.87. The third kappa shape index (κ3) is 2.84. The van der Waals surface area contributed by atoms with Crippen LogP contribution in [-0.4, -0.2) is 16.5 Å². The molecule has 1 heterocycles. The van der Waals surface area contributed by atoms with Gasteiger partial charge in [0, 0.05) is 17.5 Å². The van der Waals surface area contributed by atoms with Gasteiger partial charge in [0.05, 0.1) is 11.1 Å². The van der Waals surface area contributed by atoms with E-state index >= 15 is 0 Å². The zero-order chi connectivity index (χ0) is 14.0. The Kier molecular flexibility index (Phi) is 3.71. The second-order valence-electron chi connectivity index (χ2n) is 4.32. The fourth-order valence-electron chi connectivity index (χ4n) is 1.96. The molecule has 2 aromatic rings. The van der Waals surface area contributed by atoms with Gasteiger partial charge in [-0.1, -0.05) is 12.1 Å². The van der Waals surface area contributed by atoms with Crippen molar-refractivity contribution in [1.82, 2.24) is 9.97 Å². The van der Waals surface area contributed by atoms with E-state index in [-0.39, 0.29) is 5.52 Å². The van der Waals surface area contributed by atoms with Gasteiger partial charge >= 0.3 is 6.18 Å². The van der Waals surface area contributed by atoms with E-state index in [1.54, 1.807) is 13.0 Å². The Bertz CT molecular complexity index is 593. The van der Waals surface area contributed by atoms with Crippen molar-refractivity contribution in [2.75, 3.05) is 6.54 Å². The number of fused-ring (bicyclic) bond motifs is 1. The van der Waals surface area contributed by atoms with Crippen molar-refractivity contribution in [1.29, 1.82) is 0 Å². The zero-order valence-corrected chi connectivity index (χ0v) is 10.5. The fourth-order valence-corrected chi connectivity index (χ4v) is 1.96. The Balaban J connectivity index is 2.62. The first-order valence-corrected chi connectivity index (χ1v) is 5.97. The van der Waals surface area contributed by atoms with E-state index in [1.807, 2.05) is 0 Å². The number of rotatable bonds is 3. The smallest absolute Gasteiger partial charge is 0.330 e. The molecule has 0 fully saturated rings. The lowest BCUT2D eigenvalue weighted by atomic mass is 10.1. The Labute approximate surface area is 108 Å². The average molecular weight is 269 g/mol. The van der Waals surface area contributed by atoms with E-state index in [0.29, 0.717) is 36.3 Å². The molecule has 2 rings (SSSR count). The predicted octanol–water partition coefficient (Wildman–Crippen LogP) is 2.85. The molecule has 1 aromatic heterocycles. The number of halogens is 3. The monoisotopic (exact) mass is 269 g/mol. The van der Waals surface area contributed by atoms with Gasteiger partial charge in [0.25, 0.3) is 0 Å². The van der Waals surface area contributed by atoms with Crippen molar-refractivity contribution in [3.63, 3.8) is 0 Å². The molecule has 0 unspecified atom stereocenters. The van der Waals surface area contributed by atoms with Gasteiger partial charge in [0.15, 0.2) is 0 Å². The van der Waals surface area contributed by atoms with E-state index in [2.05, 4.69) is 9.97 Å². The second kappa shape index (κ2) is 5.13. The van der Waals surface area contributed by atoms with Crippen LogP contribution in [0.25, 0.3) is 10.9 Å². The number of nitrogens with two attached hydrogens (primary N) is 1. The minimum atomic E-state index is -4.41. The average Bonchev–Trinajstić information content (AvgIpc) is 2.34. The molecule has 3 nitrogen and oxygen atoms in total. The first-order chi connectivity index (χ1) is 8.93. The summed E-state index contributed by atoms with van der Waals surface area (Å²) in [6.07, 6.45) is -3.27. The highest BCUT2D eigenvalue weighted by Gasteiger charge is 2.33. The lowest BCUT2D eigenvalue weighted by molar-refractivity contribution is -0.136. The highest BCUT2D eigenvalue weighted by atomic mass is 19.4. The van der Waals surface area contributed by atoms with Gasteiger partial charge in [-0.15, -0.1) is 0 Å². The Hall–Kier alpha value is -1.69. The Morgan fingerprint density at radius 3 is 2.58 bits per heavy atom. The lowest BCUT2D eigenvalue weighted by Gasteiger charge is -2.11. The van der Waals surface area contributed by atoms with Crippen LogP contribution in [0.1, 0.15) is 23.5 Å². The summed E-state index contributed by atoms with van der Waals surface area (Å²) in [5.74, 6) is 0.409. The summed E-state index contributed by atoms with van der Waals surface area (Å²) in [6, 6.07) is 4.02. The maximum atomic E-state index is 13.0. The molecule has 6 heteroatoms. The molecule has 0 atom stereocenters. The van der Waals surface area contributed by atoms with E-state index < -0.39 is 11.7 Å². The number of para-hydroxylation sites is 1. The number of alkyl halides is 3. The highest BCUT2D eigenvalue weighted by Crippen LogP contribution is 2.34. The number of benzene rings is 1. The van der Waals surface area contributed by atoms with Crippen molar-refractivity contribution in [2.24, 2.45) is 5.73 Å². The number of hydrogen-bond acceptors (Lipinski definition) is 3. The first kappa shape index (κ1) is 13.7. The minimum Gasteiger partial charge on any atom is -0.330 e. The van der Waals surface area contributed by atoms with Crippen molar-refractivity contribution >= 4 is 10.9 Å². The van der Waals surface area contributed by atoms with Crippen molar-refractivity contribution < 1.29 is 13.2 Å². The largest absolute Gasteiger partial charge is 0.418 e. The van der Waals surface area contributed by atoms with Crippen LogP contribution >= 0.6 is 0 Å². The lowest BCUT2D eigenvalue weighted by Crippen LogP contribution is -2.09. The summed E-state index contributed by atoms with van der Waals surface area (Å²) in [7, 11) is 0. The fraction of sp³-hybridized carbons (Fsp3) is 0.385. The maximum absolute atomic E-state index is 13.0. The molecule has 0 saturated carbocycles. The van der Waals surface area contributed by atoms with Gasteiger partial charge in [-0.2, -0.15) is 13.2 Å². The van der Waals surface area contributed by atoms with Gasteiger partial charge in [0.1, 0.15) is 5.82 Å². The summed E-state index contributed by atoms with van der Waals surface area (Å²) in [4.78, 5) is 8.28. The molecular formula is C13H14F3N3. The van der Waals surface area contributed by atoms with Crippen LogP contribution < -0.4 is 5.73 Å². The van der Waals surface area contributed by atoms with Crippen molar-refractivity contribution in [2.45, 2.75) is 25.9 Å². The molecule has 0 saturated heterocycles. The summed E-state index contributed by atoms with van der Waals surface area (Å²) in [5, 5.41) is 0.436. The van der Waals surface area contributed by atoms with E-state index in [9.17, 15) is 13.2 Å². The molecule has 0 spiro atoms. The van der Waals surface area contributed by atoms with Crippen LogP contribution in [0.4, 0.5) is 13.2 Å². The molecule has 2 N–H and O–H groups in total. The molecule has 0 bridgehead atoms. The molecule has 0 radical (unpaired) electrons. The molecule has 0 aliphatic heterocycles. The standard InChI is InChI=1S/C13H14F3N3/c1-8-9-4-2-5-10(13(14,15)16)12(9)19-11(18-8)6-3-7-17/h2,4-5H,3,6-7,17H2,1H3. The van der Waals surface area contributed by atoms with Gasteiger partial charge < -0.3 is 5.73 Å². The molecule has 0 aliphatic carbocycles. The predicted molar refractivity (Wildman–Crippen MR) is 66.7 cm³/mol. The van der Waals surface area contributed by atoms with Crippen LogP contribution in [-0.2, 0) is 12.6 Å². The molecule has 19 heavy (non-hydrogen) atoms. The van der Waals surface area contributed by atoms with E-state index in [0.717, 1.165) is 6.07 Å². The Morgan fingerprint density at radius 1 is 1.21 bits per heavy atom. The zero-order valence-electron chi connectivity index (χ0n) is 10.5. The van der Waals surface area contributed by atoms with E-state index in [4.69, 9.17) is 5.73 Å². The van der Waals surface area contributed by atoms with Crippen LogP contribution in [0.5, 0.6) is 0 Å². The Morgan fingerprint density at radius 2 is 1.95 bits per heavy atom. The first-order valence-electron chi connectivity index (χ1n) is 5.97. The maximum Gasteiger partial charge on any atom is 0.418 e. The van der Waals surface area contributed by atoms with Crippen LogP contribution in [0.15, 0.2) is 18.2 Å². The number of aryl methyl sites for hydroxylation is 2. The summed E-state index contributed by atoms with van der Waals surface area (Å²) in [6.45, 7) is 2.15. The molecule has 0 aliphatic rings. The third-order valence-corrected chi connectivity index (χ3v) is 2.87. The molecule has 0 amide bonds. The van der Waals surface area contributed by atoms with Gasteiger partial charge in [-0.05, 0) is 26.0 Å². The minimum absolute atomic E-state index is 0.0329. The number of aromatic nitrogens is 2. The highest BCUT2D eigenvalue weighted by molar-refractivity contribution is 5.84. The summed E-state index contributed by atoms with van der Waals surface area (Å²) in [5.41, 5.74) is 5.20. The van der Waals surface area contributed by atoms with Crippen LogP contribution in [0.2, 0.25) is 0 Å². The quantitative estimate of drug-likeness (QED) is 0.932. The topological polar surface area (TPSA) is 51.8 Å². The SMILES string of the molecule is Cc1nc(CCCN)nc2c(C(F)(F)F)cccc12. The normalized spacial score (nSPS) is 12.1. The summed E-state index contributed by atoms with van der Waals surface area (Å²) >= 11 is 0. The van der Waals surface area contributed by atoms with Crippen molar-refractivity contribution in [3.05, 3.63) is 35.3 Å². The van der Waals surface area contributed by atoms with Crippen LogP contribution in [0, 0.1) is 6.92 Å². The molecule has 102 valence electrons. The molecular weight excluding hydrogens is 255 g/mol. The van der Waals surface area contributed by atoms with Crippen LogP contribution in [0.3, 0.4) is 0 Å². The van der Waals surface area contributed by atoms with Gasteiger partial charge in [-0.25, -0.2) is 9.97 Å². The summed E-state index contributed by atoms with van der Waals surface area (Å²) < 4.78 is 38.9. The van der Waals surface area contributed by atoms with E-state index in [1.165, 1.54) is 6.07 Å². The van der Waals surface area contributed by atoms with Gasteiger partial charge in [-0.3, -0.25) is 0 Å². The van der Waals surface area contributed by atoms with Crippen molar-refractivity contribution in [3.8, 4) is 0 Å².